The highest BCUT2D eigenvalue weighted by Gasteiger charge is 2.72. The Hall–Kier alpha value is -2.28. The fourth-order valence-corrected chi connectivity index (χ4v) is 6.52. The molecule has 8 heteroatoms. The van der Waals surface area contributed by atoms with Crippen LogP contribution >= 0.6 is 23.2 Å². The third kappa shape index (κ3) is 3.42. The Morgan fingerprint density at radius 1 is 1.06 bits per heavy atom. The number of carbonyl (C=O) groups is 2. The molecule has 3 aliphatic carbocycles. The number of halogens is 2. The highest BCUT2D eigenvalue weighted by molar-refractivity contribution is 6.30. The smallest absolute Gasteiger partial charge is 0.411 e. The first-order valence-electron chi connectivity index (χ1n) is 11.2. The minimum Gasteiger partial charge on any atom is -0.482 e. The number of ketones is 1. The van der Waals surface area contributed by atoms with E-state index in [4.69, 9.17) is 32.7 Å². The standard InChI is InChI=1S/C25H23Cl2NO5/c26-15-3-1-14(2-4-15)22-10-28(23(31)33-22)25-11-24(12-25,13-25)9-19(30)21-8-18(29)17-7-16(27)5-6-20(17)32-21/h1-7,18,21-22,29H,8-13H2/t18-,21+,22?,24?,25?/m1/s1. The topological polar surface area (TPSA) is 76.1 Å². The molecule has 0 radical (unpaired) electrons. The highest BCUT2D eigenvalue weighted by atomic mass is 35.5. The van der Waals surface area contributed by atoms with Gasteiger partial charge in [-0.05, 0) is 60.6 Å². The molecule has 1 saturated heterocycles. The van der Waals surface area contributed by atoms with Gasteiger partial charge in [0.15, 0.2) is 11.9 Å². The Kier molecular flexibility index (Phi) is 4.74. The Labute approximate surface area is 201 Å². The number of cyclic esters (lactones) is 1. The van der Waals surface area contributed by atoms with Gasteiger partial charge in [-0.3, -0.25) is 9.69 Å². The van der Waals surface area contributed by atoms with Gasteiger partial charge in [-0.15, -0.1) is 0 Å². The van der Waals surface area contributed by atoms with E-state index in [0.29, 0.717) is 34.3 Å². The van der Waals surface area contributed by atoms with Crippen LogP contribution in [0.4, 0.5) is 4.79 Å². The number of carbonyl (C=O) groups excluding carboxylic acids is 2. The van der Waals surface area contributed by atoms with Crippen LogP contribution in [0.5, 0.6) is 5.75 Å². The van der Waals surface area contributed by atoms with Crippen molar-refractivity contribution < 1.29 is 24.2 Å². The van der Waals surface area contributed by atoms with Crippen molar-refractivity contribution in [1.29, 1.82) is 0 Å². The lowest BCUT2D eigenvalue weighted by molar-refractivity contribution is -0.205. The minimum atomic E-state index is -0.773. The summed E-state index contributed by atoms with van der Waals surface area (Å²) in [6, 6.07) is 12.4. The van der Waals surface area contributed by atoms with E-state index in [1.165, 1.54) is 0 Å². The molecular weight excluding hydrogens is 465 g/mol. The van der Waals surface area contributed by atoms with Gasteiger partial charge in [-0.1, -0.05) is 35.3 Å². The molecule has 1 N–H and O–H groups in total. The maximum atomic E-state index is 13.0. The van der Waals surface area contributed by atoms with Crippen LogP contribution in [0.1, 0.15) is 55.4 Å². The number of fused-ring (bicyclic) bond motifs is 1. The number of aliphatic hydroxyl groups excluding tert-OH is 1. The number of aliphatic hydroxyl groups is 1. The molecule has 2 aromatic rings. The molecule has 2 bridgehead atoms. The monoisotopic (exact) mass is 487 g/mol. The van der Waals surface area contributed by atoms with E-state index in [-0.39, 0.29) is 35.4 Å². The number of nitrogens with zero attached hydrogens (tertiary/aromatic N) is 1. The summed E-state index contributed by atoms with van der Waals surface area (Å²) in [5, 5.41) is 11.6. The second-order valence-electron chi connectivity index (χ2n) is 9.97. The van der Waals surface area contributed by atoms with E-state index in [9.17, 15) is 14.7 Å². The van der Waals surface area contributed by atoms with Crippen LogP contribution < -0.4 is 4.74 Å². The number of hydrogen-bond acceptors (Lipinski definition) is 5. The predicted octanol–water partition coefficient (Wildman–Crippen LogP) is 5.25. The van der Waals surface area contributed by atoms with Gasteiger partial charge in [-0.2, -0.15) is 0 Å². The maximum absolute atomic E-state index is 13.0. The summed E-state index contributed by atoms with van der Waals surface area (Å²) in [4.78, 5) is 27.5. The Balaban J connectivity index is 1.08. The Morgan fingerprint density at radius 2 is 1.76 bits per heavy atom. The van der Waals surface area contributed by atoms with Crippen LogP contribution in [0.25, 0.3) is 0 Å². The van der Waals surface area contributed by atoms with Gasteiger partial charge in [0.25, 0.3) is 0 Å². The Morgan fingerprint density at radius 3 is 2.48 bits per heavy atom. The van der Waals surface area contributed by atoms with Gasteiger partial charge in [0.2, 0.25) is 0 Å². The molecular formula is C25H23Cl2NO5. The van der Waals surface area contributed by atoms with Crippen molar-refractivity contribution in [3.63, 3.8) is 0 Å². The molecule has 0 aromatic heterocycles. The van der Waals surface area contributed by atoms with Crippen molar-refractivity contribution in [3.8, 4) is 5.75 Å². The number of rotatable bonds is 5. The average Bonchev–Trinajstić information content (AvgIpc) is 3.11. The number of benzene rings is 2. The molecule has 172 valence electrons. The van der Waals surface area contributed by atoms with Crippen LogP contribution in [-0.2, 0) is 9.53 Å². The summed E-state index contributed by atoms with van der Waals surface area (Å²) in [6.45, 7) is 0.516. The van der Waals surface area contributed by atoms with Gasteiger partial charge in [0.05, 0.1) is 12.6 Å². The summed E-state index contributed by atoms with van der Waals surface area (Å²) < 4.78 is 11.5. The largest absolute Gasteiger partial charge is 0.482 e. The summed E-state index contributed by atoms with van der Waals surface area (Å²) in [6.07, 6.45) is 1.01. The summed E-state index contributed by atoms with van der Waals surface area (Å²) in [5.41, 5.74) is 1.28. The quantitative estimate of drug-likeness (QED) is 0.622. The fourth-order valence-electron chi connectivity index (χ4n) is 6.21. The van der Waals surface area contributed by atoms with Crippen LogP contribution in [0.3, 0.4) is 0 Å². The average molecular weight is 488 g/mol. The zero-order valence-electron chi connectivity index (χ0n) is 17.8. The summed E-state index contributed by atoms with van der Waals surface area (Å²) in [5.74, 6) is 0.518. The molecule has 2 heterocycles. The molecule has 7 rings (SSSR count). The van der Waals surface area contributed by atoms with Gasteiger partial charge < -0.3 is 14.6 Å². The second kappa shape index (κ2) is 7.36. The molecule has 6 nitrogen and oxygen atoms in total. The second-order valence-corrected chi connectivity index (χ2v) is 10.8. The molecule has 0 spiro atoms. The van der Waals surface area contributed by atoms with E-state index in [0.717, 1.165) is 24.8 Å². The van der Waals surface area contributed by atoms with Gasteiger partial charge in [0.1, 0.15) is 11.9 Å². The molecule has 4 fully saturated rings. The predicted molar refractivity (Wildman–Crippen MR) is 121 cm³/mol. The number of hydrogen-bond donors (Lipinski definition) is 1. The molecule has 5 aliphatic rings. The van der Waals surface area contributed by atoms with Gasteiger partial charge in [-0.25, -0.2) is 4.79 Å². The third-order valence-electron chi connectivity index (χ3n) is 7.68. The first-order valence-corrected chi connectivity index (χ1v) is 11.9. The van der Waals surface area contributed by atoms with Crippen LogP contribution in [0, 0.1) is 5.41 Å². The third-order valence-corrected chi connectivity index (χ3v) is 8.17. The lowest BCUT2D eigenvalue weighted by Crippen LogP contribution is -2.75. The molecule has 2 aliphatic heterocycles. The summed E-state index contributed by atoms with van der Waals surface area (Å²) in [7, 11) is 0. The van der Waals surface area contributed by atoms with E-state index in [1.807, 2.05) is 17.0 Å². The van der Waals surface area contributed by atoms with Crippen molar-refractivity contribution in [3.05, 3.63) is 63.6 Å². The van der Waals surface area contributed by atoms with E-state index in [1.54, 1.807) is 30.3 Å². The molecule has 3 atom stereocenters. The molecule has 1 unspecified atom stereocenters. The van der Waals surface area contributed by atoms with Crippen molar-refractivity contribution in [2.24, 2.45) is 5.41 Å². The number of amides is 1. The van der Waals surface area contributed by atoms with Crippen LogP contribution in [0.15, 0.2) is 42.5 Å². The lowest BCUT2D eigenvalue weighted by atomic mass is 9.37. The van der Waals surface area contributed by atoms with Gasteiger partial charge in [0, 0.05) is 34.0 Å². The van der Waals surface area contributed by atoms with Crippen LogP contribution in [0.2, 0.25) is 10.0 Å². The molecule has 3 saturated carbocycles. The summed E-state index contributed by atoms with van der Waals surface area (Å²) >= 11 is 12.0. The number of Topliss-reactive ketones (excluding diaryl/α,β-unsaturated/α-hetero) is 1. The SMILES string of the molecule is O=C(CC12CC(N3CC(c4ccc(Cl)cc4)OC3=O)(C1)C2)[C@@H]1C[C@@H](O)c2cc(Cl)ccc2O1. The number of ether oxygens (including phenoxy) is 2. The molecule has 33 heavy (non-hydrogen) atoms. The van der Waals surface area contributed by atoms with E-state index >= 15 is 0 Å². The van der Waals surface area contributed by atoms with Crippen molar-refractivity contribution in [1.82, 2.24) is 4.90 Å². The zero-order chi connectivity index (χ0) is 23.0. The van der Waals surface area contributed by atoms with Gasteiger partial charge >= 0.3 is 6.09 Å². The normalized spacial score (nSPS) is 34.0. The maximum Gasteiger partial charge on any atom is 0.411 e. The van der Waals surface area contributed by atoms with Crippen molar-refractivity contribution >= 4 is 35.1 Å². The van der Waals surface area contributed by atoms with E-state index in [2.05, 4.69) is 0 Å². The van der Waals surface area contributed by atoms with Crippen LogP contribution in [-0.4, -0.2) is 40.1 Å². The highest BCUT2D eigenvalue weighted by Crippen LogP contribution is 2.72. The first-order chi connectivity index (χ1) is 15.8. The van der Waals surface area contributed by atoms with Crippen molar-refractivity contribution in [2.75, 3.05) is 6.54 Å². The lowest BCUT2D eigenvalue weighted by Gasteiger charge is -2.73. The van der Waals surface area contributed by atoms with E-state index < -0.39 is 12.2 Å². The fraction of sp³-hybridized carbons (Fsp3) is 0.440. The molecule has 1 amide bonds. The zero-order valence-corrected chi connectivity index (χ0v) is 19.3. The first kappa shape index (κ1) is 21.3. The molecule has 2 aromatic carbocycles. The minimum absolute atomic E-state index is 0.00555. The Bertz CT molecular complexity index is 1130. The van der Waals surface area contributed by atoms with Crippen molar-refractivity contribution in [2.45, 2.75) is 56.0 Å².